The standard InChI is InChI=1S/C37H37N5O6/c1-5-22-10-26-16-38-30-14-34(32(45-3)12-28(30)36(43)41(26)18-22)47-20-24-8-7-9-25(40-24)21-48-35-15-31-29(13-33(35)46-4)37(44)42-19-23(6-2)11-27(42)17-39-31/h5-9,12-17,26-27H,10-11,18-21H2,1-4H3/b22-5+,23-6+. The molecule has 0 spiro atoms. The fourth-order valence-electron chi connectivity index (χ4n) is 6.52. The topological polar surface area (TPSA) is 115 Å². The van der Waals surface area contributed by atoms with Crippen molar-refractivity contribution in [1.82, 2.24) is 14.8 Å². The average molecular weight is 648 g/mol. The number of rotatable bonds is 8. The molecule has 2 amide bonds. The van der Waals surface area contributed by atoms with E-state index in [2.05, 4.69) is 22.1 Å². The number of methoxy groups -OCH3 is 2. The number of ether oxygens (including phenoxy) is 4. The van der Waals surface area contributed by atoms with Crippen molar-refractivity contribution in [2.75, 3.05) is 27.3 Å². The number of benzene rings is 2. The number of allylic oxidation sites excluding steroid dienone is 2. The molecule has 0 saturated carbocycles. The van der Waals surface area contributed by atoms with Gasteiger partial charge in [0.15, 0.2) is 23.0 Å². The van der Waals surface area contributed by atoms with E-state index >= 15 is 0 Å². The number of carbonyl (C=O) groups excluding carboxylic acids is 2. The fraction of sp³-hybridized carbons (Fsp3) is 0.324. The van der Waals surface area contributed by atoms with E-state index in [1.165, 1.54) is 11.1 Å². The summed E-state index contributed by atoms with van der Waals surface area (Å²) in [6.45, 7) is 5.51. The lowest BCUT2D eigenvalue weighted by Crippen LogP contribution is -2.35. The molecule has 0 bridgehead atoms. The molecule has 3 aromatic rings. The van der Waals surface area contributed by atoms with Crippen LogP contribution in [0.4, 0.5) is 11.4 Å². The Balaban J connectivity index is 1.05. The van der Waals surface area contributed by atoms with Crippen molar-refractivity contribution in [3.8, 4) is 23.0 Å². The highest BCUT2D eigenvalue weighted by molar-refractivity contribution is 6.04. The molecule has 48 heavy (non-hydrogen) atoms. The Hall–Kier alpha value is -5.45. The number of amides is 2. The molecule has 2 atom stereocenters. The van der Waals surface area contributed by atoms with Crippen LogP contribution in [0.25, 0.3) is 0 Å². The van der Waals surface area contributed by atoms with Gasteiger partial charge in [-0.15, -0.1) is 0 Å². The molecule has 11 heteroatoms. The summed E-state index contributed by atoms with van der Waals surface area (Å²) in [4.78, 5) is 44.5. The third kappa shape index (κ3) is 5.80. The summed E-state index contributed by atoms with van der Waals surface area (Å²) in [5.41, 5.74) is 5.87. The summed E-state index contributed by atoms with van der Waals surface area (Å²) in [6.07, 6.45) is 9.39. The van der Waals surface area contributed by atoms with Crippen molar-refractivity contribution in [2.45, 2.75) is 52.0 Å². The van der Waals surface area contributed by atoms with Crippen LogP contribution in [0.1, 0.15) is 58.8 Å². The quantitative estimate of drug-likeness (QED) is 0.275. The first-order chi connectivity index (χ1) is 23.4. The van der Waals surface area contributed by atoms with E-state index in [0.717, 1.165) is 12.8 Å². The van der Waals surface area contributed by atoms with Gasteiger partial charge in [-0.05, 0) is 51.0 Å². The zero-order chi connectivity index (χ0) is 33.4. The Morgan fingerprint density at radius 2 is 1.17 bits per heavy atom. The van der Waals surface area contributed by atoms with Crippen LogP contribution in [0.5, 0.6) is 23.0 Å². The Labute approximate surface area is 279 Å². The van der Waals surface area contributed by atoms with E-state index in [4.69, 9.17) is 23.9 Å². The molecule has 4 aliphatic rings. The average Bonchev–Trinajstić information content (AvgIpc) is 3.68. The minimum Gasteiger partial charge on any atom is -0.493 e. The highest BCUT2D eigenvalue weighted by Crippen LogP contribution is 2.40. The first kappa shape index (κ1) is 31.2. The van der Waals surface area contributed by atoms with Gasteiger partial charge in [-0.2, -0.15) is 0 Å². The Bertz CT molecular complexity index is 1780. The third-order valence-electron chi connectivity index (χ3n) is 9.24. The van der Waals surface area contributed by atoms with Crippen molar-refractivity contribution in [3.63, 3.8) is 0 Å². The van der Waals surface area contributed by atoms with E-state index in [1.807, 2.05) is 54.3 Å². The van der Waals surface area contributed by atoms with Crippen molar-refractivity contribution < 1.29 is 28.5 Å². The second-order valence-electron chi connectivity index (χ2n) is 12.1. The molecule has 2 fully saturated rings. The van der Waals surface area contributed by atoms with Gasteiger partial charge in [0.2, 0.25) is 0 Å². The molecule has 11 nitrogen and oxygen atoms in total. The van der Waals surface area contributed by atoms with Crippen LogP contribution in [0.3, 0.4) is 0 Å². The van der Waals surface area contributed by atoms with Gasteiger partial charge < -0.3 is 28.7 Å². The lowest BCUT2D eigenvalue weighted by Gasteiger charge is -2.20. The minimum absolute atomic E-state index is 0.0638. The molecule has 2 unspecified atom stereocenters. The predicted octanol–water partition coefficient (Wildman–Crippen LogP) is 6.01. The molecule has 0 N–H and O–H groups in total. The third-order valence-corrected chi connectivity index (χ3v) is 9.24. The number of aromatic nitrogens is 1. The second kappa shape index (κ2) is 13.0. The Morgan fingerprint density at radius 3 is 1.58 bits per heavy atom. The summed E-state index contributed by atoms with van der Waals surface area (Å²) in [5.74, 6) is 1.67. The number of hydrogen-bond acceptors (Lipinski definition) is 9. The molecule has 0 radical (unpaired) electrons. The van der Waals surface area contributed by atoms with Crippen LogP contribution >= 0.6 is 0 Å². The number of hydrogen-bond donors (Lipinski definition) is 0. The van der Waals surface area contributed by atoms with Crippen molar-refractivity contribution in [3.05, 3.63) is 88.3 Å². The highest BCUT2D eigenvalue weighted by atomic mass is 16.5. The van der Waals surface area contributed by atoms with Gasteiger partial charge in [-0.3, -0.25) is 24.6 Å². The van der Waals surface area contributed by atoms with Crippen molar-refractivity contribution >= 4 is 35.6 Å². The number of carbonyl (C=O) groups is 2. The lowest BCUT2D eigenvalue weighted by atomic mass is 10.1. The normalized spacial score (nSPS) is 21.1. The van der Waals surface area contributed by atoms with Crippen molar-refractivity contribution in [2.24, 2.45) is 9.98 Å². The lowest BCUT2D eigenvalue weighted by molar-refractivity contribution is 0.0769. The van der Waals surface area contributed by atoms with E-state index < -0.39 is 0 Å². The van der Waals surface area contributed by atoms with E-state index in [0.29, 0.717) is 70.0 Å². The number of pyridine rings is 1. The molecule has 7 rings (SSSR count). The fourth-order valence-corrected chi connectivity index (χ4v) is 6.52. The van der Waals surface area contributed by atoms with Gasteiger partial charge in [0.25, 0.3) is 11.8 Å². The first-order valence-corrected chi connectivity index (χ1v) is 16.0. The van der Waals surface area contributed by atoms with Crippen LogP contribution in [0.2, 0.25) is 0 Å². The number of aliphatic imine (C=N–C) groups is 2. The summed E-state index contributed by atoms with van der Waals surface area (Å²) in [5, 5.41) is 0. The van der Waals surface area contributed by atoms with Gasteiger partial charge in [0, 0.05) is 37.7 Å². The first-order valence-electron chi connectivity index (χ1n) is 16.0. The summed E-state index contributed by atoms with van der Waals surface area (Å²) in [7, 11) is 3.10. The van der Waals surface area contributed by atoms with Gasteiger partial charge in [-0.1, -0.05) is 29.4 Å². The van der Waals surface area contributed by atoms with Crippen LogP contribution in [0, 0.1) is 0 Å². The van der Waals surface area contributed by atoms with Gasteiger partial charge in [-0.25, -0.2) is 0 Å². The molecule has 5 heterocycles. The molecule has 2 saturated heterocycles. The van der Waals surface area contributed by atoms with Crippen LogP contribution in [-0.2, 0) is 13.2 Å². The number of nitrogens with zero attached hydrogens (tertiary/aromatic N) is 5. The monoisotopic (exact) mass is 647 g/mol. The molecule has 1 aromatic heterocycles. The summed E-state index contributed by atoms with van der Waals surface area (Å²) >= 11 is 0. The van der Waals surface area contributed by atoms with Crippen LogP contribution in [-0.4, -0.2) is 78.4 Å². The van der Waals surface area contributed by atoms with Crippen molar-refractivity contribution in [1.29, 1.82) is 0 Å². The van der Waals surface area contributed by atoms with Gasteiger partial charge in [0.05, 0.1) is 60.2 Å². The second-order valence-corrected chi connectivity index (χ2v) is 12.1. The molecule has 0 aliphatic carbocycles. The maximum atomic E-state index is 13.4. The highest BCUT2D eigenvalue weighted by Gasteiger charge is 2.36. The zero-order valence-electron chi connectivity index (χ0n) is 27.4. The maximum absolute atomic E-state index is 13.4. The van der Waals surface area contributed by atoms with E-state index in [-0.39, 0.29) is 37.1 Å². The van der Waals surface area contributed by atoms with Crippen LogP contribution in [0.15, 0.2) is 75.7 Å². The van der Waals surface area contributed by atoms with Gasteiger partial charge >= 0.3 is 0 Å². The zero-order valence-corrected chi connectivity index (χ0v) is 27.4. The molecular formula is C37H37N5O6. The minimum atomic E-state index is -0.0728. The largest absolute Gasteiger partial charge is 0.493 e. The number of fused-ring (bicyclic) bond motifs is 4. The SMILES string of the molecule is C/C=C1\CC2C=Nc3cc(OCc4cccc(COc5cc6c(cc5OC)C(=O)N5C/C(=C/C)CC5C=N6)n4)c(OC)cc3C(=O)N2C1. The molecule has 4 aliphatic heterocycles. The predicted molar refractivity (Wildman–Crippen MR) is 182 cm³/mol. The molecule has 2 aromatic carbocycles. The van der Waals surface area contributed by atoms with E-state index in [9.17, 15) is 9.59 Å². The Kier molecular flexibility index (Phi) is 8.43. The maximum Gasteiger partial charge on any atom is 0.257 e. The Morgan fingerprint density at radius 1 is 0.708 bits per heavy atom. The van der Waals surface area contributed by atoms with Crippen LogP contribution < -0.4 is 18.9 Å². The van der Waals surface area contributed by atoms with Gasteiger partial charge in [0.1, 0.15) is 13.2 Å². The molecule has 246 valence electrons. The molecular weight excluding hydrogens is 610 g/mol. The summed E-state index contributed by atoms with van der Waals surface area (Å²) in [6, 6.07) is 12.4. The van der Waals surface area contributed by atoms with E-state index in [1.54, 1.807) is 38.5 Å². The smallest absolute Gasteiger partial charge is 0.257 e. The summed E-state index contributed by atoms with van der Waals surface area (Å²) < 4.78 is 23.5.